The van der Waals surface area contributed by atoms with Gasteiger partial charge in [0.15, 0.2) is 0 Å². The number of carboxylic acid groups (broad SMARTS) is 1. The number of carbonyl (C=O) groups excluding carboxylic acids is 2. The first-order chi connectivity index (χ1) is 16.8. The zero-order valence-electron chi connectivity index (χ0n) is 19.9. The van der Waals surface area contributed by atoms with Crippen molar-refractivity contribution in [1.82, 2.24) is 0 Å². The van der Waals surface area contributed by atoms with E-state index in [1.54, 1.807) is 12.1 Å². The number of benzene rings is 3. The Morgan fingerprint density at radius 2 is 1.63 bits per heavy atom. The van der Waals surface area contributed by atoms with Gasteiger partial charge < -0.3 is 15.7 Å². The van der Waals surface area contributed by atoms with Crippen LogP contribution in [-0.4, -0.2) is 22.9 Å². The molecule has 0 saturated heterocycles. The number of rotatable bonds is 9. The normalized spacial score (nSPS) is 12.0. The summed E-state index contributed by atoms with van der Waals surface area (Å²) in [4.78, 5) is 37.2. The highest BCUT2D eigenvalue weighted by molar-refractivity contribution is 8.00. The average molecular weight is 489 g/mol. The Morgan fingerprint density at radius 1 is 0.943 bits per heavy atom. The molecule has 3 aromatic carbocycles. The Morgan fingerprint density at radius 3 is 2.26 bits per heavy atom. The molecule has 0 heterocycles. The third kappa shape index (κ3) is 7.07. The van der Waals surface area contributed by atoms with Crippen molar-refractivity contribution < 1.29 is 19.5 Å². The quantitative estimate of drug-likeness (QED) is 0.254. The van der Waals surface area contributed by atoms with Crippen LogP contribution >= 0.6 is 11.8 Å². The van der Waals surface area contributed by atoms with Gasteiger partial charge in [0.1, 0.15) is 5.25 Å². The van der Waals surface area contributed by atoms with Crippen molar-refractivity contribution in [2.24, 2.45) is 0 Å². The maximum Gasteiger partial charge on any atom is 0.331 e. The number of nitrogens with one attached hydrogen (secondary N) is 2. The number of para-hydroxylation sites is 1. The Hall–Kier alpha value is -3.84. The van der Waals surface area contributed by atoms with E-state index in [0.717, 1.165) is 39.8 Å². The van der Waals surface area contributed by atoms with E-state index in [0.29, 0.717) is 5.69 Å². The second-order valence-electron chi connectivity index (χ2n) is 8.01. The lowest BCUT2D eigenvalue weighted by Gasteiger charge is -2.20. The molecule has 0 saturated carbocycles. The number of carboxylic acids is 1. The first-order valence-electron chi connectivity index (χ1n) is 11.2. The molecular weight excluding hydrogens is 460 g/mol. The van der Waals surface area contributed by atoms with Crippen LogP contribution in [0.3, 0.4) is 0 Å². The van der Waals surface area contributed by atoms with Gasteiger partial charge in [-0.15, -0.1) is 11.8 Å². The maximum atomic E-state index is 13.5. The molecule has 7 heteroatoms. The number of anilines is 2. The number of amides is 2. The van der Waals surface area contributed by atoms with Gasteiger partial charge in [0.2, 0.25) is 11.8 Å². The third-order valence-corrected chi connectivity index (χ3v) is 6.66. The molecule has 3 aromatic rings. The van der Waals surface area contributed by atoms with Gasteiger partial charge in [0, 0.05) is 27.9 Å². The highest BCUT2D eigenvalue weighted by Crippen LogP contribution is 2.37. The summed E-state index contributed by atoms with van der Waals surface area (Å²) in [6.45, 7) is 5.41. The van der Waals surface area contributed by atoms with Crippen molar-refractivity contribution in [2.75, 3.05) is 10.6 Å². The molecule has 0 aliphatic rings. The van der Waals surface area contributed by atoms with Gasteiger partial charge in [-0.25, -0.2) is 4.79 Å². The molecule has 0 aliphatic heterocycles. The fourth-order valence-corrected chi connectivity index (χ4v) is 4.51. The summed E-state index contributed by atoms with van der Waals surface area (Å²) in [5.74, 6) is -1.78. The van der Waals surface area contributed by atoms with Gasteiger partial charge in [-0.3, -0.25) is 9.59 Å². The predicted octanol–water partition coefficient (Wildman–Crippen LogP) is 6.00. The SMILES string of the molecule is CCc1cccc(C)c1NC(=O)C(Sc1ccc(NC(=O)C=C(C)C(=O)O)cc1)c1ccccc1. The van der Waals surface area contributed by atoms with Crippen LogP contribution < -0.4 is 10.6 Å². The first kappa shape index (κ1) is 25.8. The van der Waals surface area contributed by atoms with Crippen LogP contribution in [0.2, 0.25) is 0 Å². The van der Waals surface area contributed by atoms with E-state index < -0.39 is 17.1 Å². The molecule has 0 aromatic heterocycles. The number of hydrogen-bond donors (Lipinski definition) is 3. The van der Waals surface area contributed by atoms with Crippen LogP contribution in [0, 0.1) is 6.92 Å². The van der Waals surface area contributed by atoms with E-state index in [9.17, 15) is 14.4 Å². The van der Waals surface area contributed by atoms with Crippen molar-refractivity contribution in [2.45, 2.75) is 37.3 Å². The highest BCUT2D eigenvalue weighted by atomic mass is 32.2. The average Bonchev–Trinajstić information content (AvgIpc) is 2.85. The van der Waals surface area contributed by atoms with Crippen LogP contribution in [0.25, 0.3) is 0 Å². The highest BCUT2D eigenvalue weighted by Gasteiger charge is 2.23. The summed E-state index contributed by atoms with van der Waals surface area (Å²) >= 11 is 1.42. The Balaban J connectivity index is 1.80. The zero-order chi connectivity index (χ0) is 25.4. The topological polar surface area (TPSA) is 95.5 Å². The van der Waals surface area contributed by atoms with Crippen LogP contribution in [0.4, 0.5) is 11.4 Å². The number of aryl methyl sites for hydroxylation is 2. The van der Waals surface area contributed by atoms with Crippen LogP contribution in [0.15, 0.2) is 89.3 Å². The van der Waals surface area contributed by atoms with E-state index in [-0.39, 0.29) is 11.5 Å². The molecule has 2 amide bonds. The molecule has 0 spiro atoms. The molecule has 1 unspecified atom stereocenters. The third-order valence-electron chi connectivity index (χ3n) is 5.39. The van der Waals surface area contributed by atoms with E-state index >= 15 is 0 Å². The first-order valence-corrected chi connectivity index (χ1v) is 12.1. The van der Waals surface area contributed by atoms with Crippen molar-refractivity contribution in [3.05, 3.63) is 101 Å². The maximum absolute atomic E-state index is 13.5. The largest absolute Gasteiger partial charge is 0.478 e. The van der Waals surface area contributed by atoms with Gasteiger partial charge in [-0.2, -0.15) is 0 Å². The zero-order valence-corrected chi connectivity index (χ0v) is 20.7. The molecule has 0 fully saturated rings. The second kappa shape index (κ2) is 12.0. The number of thioether (sulfide) groups is 1. The molecule has 35 heavy (non-hydrogen) atoms. The molecule has 180 valence electrons. The fourth-order valence-electron chi connectivity index (χ4n) is 3.48. The van der Waals surface area contributed by atoms with Crippen LogP contribution in [0.1, 0.15) is 35.8 Å². The minimum atomic E-state index is -1.14. The smallest absolute Gasteiger partial charge is 0.331 e. The molecule has 6 nitrogen and oxygen atoms in total. The minimum absolute atomic E-state index is 0.0497. The summed E-state index contributed by atoms with van der Waals surface area (Å²) in [7, 11) is 0. The molecule has 0 radical (unpaired) electrons. The lowest BCUT2D eigenvalue weighted by atomic mass is 10.1. The Bertz CT molecular complexity index is 1240. The molecule has 0 aliphatic carbocycles. The fraction of sp³-hybridized carbons (Fsp3) is 0.179. The van der Waals surface area contributed by atoms with Gasteiger partial charge in [-0.05, 0) is 61.2 Å². The van der Waals surface area contributed by atoms with Gasteiger partial charge >= 0.3 is 5.97 Å². The van der Waals surface area contributed by atoms with E-state index in [2.05, 4.69) is 17.6 Å². The molecular formula is C28H28N2O4S. The molecule has 1 atom stereocenters. The second-order valence-corrected chi connectivity index (χ2v) is 9.19. The summed E-state index contributed by atoms with van der Waals surface area (Å²) in [5, 5.41) is 14.2. The minimum Gasteiger partial charge on any atom is -0.478 e. The summed E-state index contributed by atoms with van der Waals surface area (Å²) in [6.07, 6.45) is 1.85. The predicted molar refractivity (Wildman–Crippen MR) is 141 cm³/mol. The van der Waals surface area contributed by atoms with Crippen molar-refractivity contribution in [3.8, 4) is 0 Å². The Kier molecular flexibility index (Phi) is 8.86. The summed E-state index contributed by atoms with van der Waals surface area (Å²) < 4.78 is 0. The summed E-state index contributed by atoms with van der Waals surface area (Å²) in [6, 6.07) is 22.7. The van der Waals surface area contributed by atoms with E-state index in [4.69, 9.17) is 5.11 Å². The van der Waals surface area contributed by atoms with Crippen LogP contribution in [0.5, 0.6) is 0 Å². The standard InChI is InChI=1S/C28H28N2O4S/c1-4-20-12-8-9-18(2)25(20)30-27(32)26(21-10-6-5-7-11-21)35-23-15-13-22(14-16-23)29-24(31)17-19(3)28(33)34/h5-17,26H,4H2,1-3H3,(H,29,31)(H,30,32)(H,33,34). The number of aliphatic carboxylic acids is 1. The molecule has 3 rings (SSSR count). The Labute approximate surface area is 209 Å². The molecule has 3 N–H and O–H groups in total. The van der Waals surface area contributed by atoms with Gasteiger partial charge in [0.05, 0.1) is 0 Å². The van der Waals surface area contributed by atoms with Crippen LogP contribution in [-0.2, 0) is 20.8 Å². The van der Waals surface area contributed by atoms with E-state index in [1.807, 2.05) is 67.6 Å². The molecule has 0 bridgehead atoms. The summed E-state index contributed by atoms with van der Waals surface area (Å²) in [5.41, 5.74) is 4.31. The lowest BCUT2D eigenvalue weighted by Crippen LogP contribution is -2.20. The number of carbonyl (C=O) groups is 3. The monoisotopic (exact) mass is 488 g/mol. The lowest BCUT2D eigenvalue weighted by molar-refractivity contribution is -0.132. The van der Waals surface area contributed by atoms with Gasteiger partial charge in [-0.1, -0.05) is 55.5 Å². The van der Waals surface area contributed by atoms with Crippen molar-refractivity contribution in [1.29, 1.82) is 0 Å². The van der Waals surface area contributed by atoms with Crippen molar-refractivity contribution >= 4 is 40.9 Å². The van der Waals surface area contributed by atoms with Gasteiger partial charge in [0.25, 0.3) is 0 Å². The van der Waals surface area contributed by atoms with E-state index in [1.165, 1.54) is 18.7 Å². The number of hydrogen-bond acceptors (Lipinski definition) is 4. The van der Waals surface area contributed by atoms with Crippen molar-refractivity contribution in [3.63, 3.8) is 0 Å².